The maximum absolute atomic E-state index is 10.7. The molecule has 0 fully saturated rings. The lowest BCUT2D eigenvalue weighted by Crippen LogP contribution is -2.13. The van der Waals surface area contributed by atoms with Gasteiger partial charge >= 0.3 is 17.2 Å². The largest absolute Gasteiger partial charge is 0.478 e. The van der Waals surface area contributed by atoms with Crippen LogP contribution in [0.5, 0.6) is 0 Å². The van der Waals surface area contributed by atoms with Crippen molar-refractivity contribution in [1.29, 1.82) is 0 Å². The molecule has 0 spiro atoms. The highest BCUT2D eigenvalue weighted by atomic mass is 16.6. The second kappa shape index (κ2) is 5.53. The molecule has 0 radical (unpaired) electrons. The number of aromatic carboxylic acids is 1. The number of hydrogen-bond acceptors (Lipinski definition) is 4. The van der Waals surface area contributed by atoms with E-state index in [2.05, 4.69) is 0 Å². The standard InChI is InChI=1S/C6H4N2O5.C2H6/c9-5-4(8(12)13)1-3(2-7-5)6(10)11;1-2/h1-2H,(H,7,9)(H,10,11);1-2H3. The highest BCUT2D eigenvalue weighted by Gasteiger charge is 2.15. The third-order valence-electron chi connectivity index (χ3n) is 1.33. The normalized spacial score (nSPS) is 8.67. The monoisotopic (exact) mass is 214 g/mol. The molecule has 0 aromatic carbocycles. The van der Waals surface area contributed by atoms with Crippen molar-refractivity contribution in [3.8, 4) is 0 Å². The second-order valence-electron chi connectivity index (χ2n) is 2.16. The van der Waals surface area contributed by atoms with E-state index in [1.165, 1.54) is 0 Å². The van der Waals surface area contributed by atoms with Gasteiger partial charge in [-0.15, -0.1) is 0 Å². The van der Waals surface area contributed by atoms with Gasteiger partial charge in [0.05, 0.1) is 10.5 Å². The summed E-state index contributed by atoms with van der Waals surface area (Å²) < 4.78 is 0. The van der Waals surface area contributed by atoms with Crippen LogP contribution >= 0.6 is 0 Å². The van der Waals surface area contributed by atoms with E-state index in [4.69, 9.17) is 5.11 Å². The molecule has 7 nitrogen and oxygen atoms in total. The molecule has 0 amide bonds. The molecule has 1 heterocycles. The molecule has 0 aliphatic heterocycles. The number of aromatic amines is 1. The molecule has 7 heteroatoms. The third kappa shape index (κ3) is 3.22. The first-order valence-corrected chi connectivity index (χ1v) is 4.13. The molecule has 1 aromatic rings. The molecule has 0 saturated carbocycles. The van der Waals surface area contributed by atoms with Gasteiger partial charge in [0.15, 0.2) is 0 Å². The minimum absolute atomic E-state index is 0.327. The first kappa shape index (κ1) is 12.8. The number of H-pyrrole nitrogens is 1. The molecule has 0 aliphatic carbocycles. The maximum atomic E-state index is 10.7. The van der Waals surface area contributed by atoms with Gasteiger partial charge in [-0.3, -0.25) is 14.9 Å². The molecular formula is C8H10N2O5. The van der Waals surface area contributed by atoms with Crippen LogP contribution in [0.3, 0.4) is 0 Å². The van der Waals surface area contributed by atoms with Crippen LogP contribution in [0.25, 0.3) is 0 Å². The van der Waals surface area contributed by atoms with Gasteiger partial charge in [0, 0.05) is 12.3 Å². The van der Waals surface area contributed by atoms with Crippen LogP contribution in [0, 0.1) is 10.1 Å². The molecule has 0 atom stereocenters. The molecule has 1 rings (SSSR count). The maximum Gasteiger partial charge on any atom is 0.337 e. The predicted octanol–water partition coefficient (Wildman–Crippen LogP) is 1.01. The molecule has 0 aliphatic rings. The third-order valence-corrected chi connectivity index (χ3v) is 1.33. The minimum atomic E-state index is -1.33. The van der Waals surface area contributed by atoms with Crippen molar-refractivity contribution in [2.45, 2.75) is 13.8 Å². The summed E-state index contributed by atoms with van der Waals surface area (Å²) in [6.45, 7) is 4.00. The van der Waals surface area contributed by atoms with E-state index in [0.717, 1.165) is 6.20 Å². The van der Waals surface area contributed by atoms with Gasteiger partial charge in [0.1, 0.15) is 0 Å². The summed E-state index contributed by atoms with van der Waals surface area (Å²) in [5.41, 5.74) is -2.03. The molecule has 1 aromatic heterocycles. The van der Waals surface area contributed by atoms with Crippen molar-refractivity contribution < 1.29 is 14.8 Å². The second-order valence-corrected chi connectivity index (χ2v) is 2.16. The molecule has 0 bridgehead atoms. The Kier molecular flexibility index (Phi) is 4.73. The average Bonchev–Trinajstić information content (AvgIpc) is 2.20. The molecule has 0 unspecified atom stereocenters. The average molecular weight is 214 g/mol. The topological polar surface area (TPSA) is 113 Å². The SMILES string of the molecule is CC.O=C(O)c1c[nH]c(=O)c([N+](=O)[O-])c1. The first-order valence-electron chi connectivity index (χ1n) is 4.13. The summed E-state index contributed by atoms with van der Waals surface area (Å²) in [6, 6.07) is 0.709. The van der Waals surface area contributed by atoms with Gasteiger partial charge < -0.3 is 10.1 Å². The van der Waals surface area contributed by atoms with Gasteiger partial charge in [-0.05, 0) is 0 Å². The van der Waals surface area contributed by atoms with Gasteiger partial charge in [-0.2, -0.15) is 0 Å². The van der Waals surface area contributed by atoms with E-state index in [9.17, 15) is 19.7 Å². The van der Waals surface area contributed by atoms with Gasteiger partial charge in [0.25, 0.3) is 0 Å². The molecule has 15 heavy (non-hydrogen) atoms. The number of rotatable bonds is 2. The van der Waals surface area contributed by atoms with E-state index < -0.39 is 22.1 Å². The van der Waals surface area contributed by atoms with Crippen molar-refractivity contribution in [2.75, 3.05) is 0 Å². The van der Waals surface area contributed by atoms with Crippen LogP contribution in [0.2, 0.25) is 0 Å². The Morgan fingerprint density at radius 2 is 2.07 bits per heavy atom. The molecular weight excluding hydrogens is 204 g/mol. The van der Waals surface area contributed by atoms with Crippen molar-refractivity contribution in [3.05, 3.63) is 38.3 Å². The Morgan fingerprint density at radius 3 is 2.47 bits per heavy atom. The van der Waals surface area contributed by atoms with Gasteiger partial charge in [-0.1, -0.05) is 13.8 Å². The van der Waals surface area contributed by atoms with E-state index in [-0.39, 0.29) is 5.56 Å². The fraction of sp³-hybridized carbons (Fsp3) is 0.250. The van der Waals surface area contributed by atoms with Crippen LogP contribution in [0.4, 0.5) is 5.69 Å². The highest BCUT2D eigenvalue weighted by molar-refractivity contribution is 5.87. The van der Waals surface area contributed by atoms with Crippen LogP contribution in [0.15, 0.2) is 17.1 Å². The van der Waals surface area contributed by atoms with Gasteiger partial charge in [0.2, 0.25) is 0 Å². The van der Waals surface area contributed by atoms with Crippen LogP contribution in [-0.4, -0.2) is 21.0 Å². The number of nitro groups is 1. The van der Waals surface area contributed by atoms with Crippen molar-refractivity contribution in [3.63, 3.8) is 0 Å². The Morgan fingerprint density at radius 1 is 1.53 bits per heavy atom. The number of nitrogens with one attached hydrogen (secondary N) is 1. The molecule has 0 saturated heterocycles. The van der Waals surface area contributed by atoms with E-state index >= 15 is 0 Å². The number of carboxylic acid groups (broad SMARTS) is 1. The Hall–Kier alpha value is -2.18. The summed E-state index contributed by atoms with van der Waals surface area (Å²) in [7, 11) is 0. The Labute approximate surface area is 84.5 Å². The van der Waals surface area contributed by atoms with E-state index in [0.29, 0.717) is 6.07 Å². The number of aromatic nitrogens is 1. The number of carboxylic acids is 1. The Balaban J connectivity index is 0.000000921. The quantitative estimate of drug-likeness (QED) is 0.563. The van der Waals surface area contributed by atoms with E-state index in [1.807, 2.05) is 18.8 Å². The fourth-order valence-corrected chi connectivity index (χ4v) is 0.731. The summed E-state index contributed by atoms with van der Waals surface area (Å²) in [4.78, 5) is 32.3. The lowest BCUT2D eigenvalue weighted by Gasteiger charge is -1.92. The van der Waals surface area contributed by atoms with Crippen molar-refractivity contribution >= 4 is 11.7 Å². The summed E-state index contributed by atoms with van der Waals surface area (Å²) in [5, 5.41) is 18.6. The lowest BCUT2D eigenvalue weighted by atomic mass is 10.3. The van der Waals surface area contributed by atoms with Crippen molar-refractivity contribution in [2.24, 2.45) is 0 Å². The minimum Gasteiger partial charge on any atom is -0.478 e. The summed E-state index contributed by atoms with van der Waals surface area (Å²) in [6.07, 6.45) is 0.900. The van der Waals surface area contributed by atoms with E-state index in [1.54, 1.807) is 0 Å². The lowest BCUT2D eigenvalue weighted by molar-refractivity contribution is -0.386. The first-order chi connectivity index (χ1) is 7.02. The van der Waals surface area contributed by atoms with Crippen LogP contribution in [0.1, 0.15) is 24.2 Å². The summed E-state index contributed by atoms with van der Waals surface area (Å²) >= 11 is 0. The number of pyridine rings is 1. The molecule has 2 N–H and O–H groups in total. The number of carbonyl (C=O) groups is 1. The van der Waals surface area contributed by atoms with Crippen molar-refractivity contribution in [1.82, 2.24) is 4.98 Å². The smallest absolute Gasteiger partial charge is 0.337 e. The zero-order valence-electron chi connectivity index (χ0n) is 8.18. The molecule has 82 valence electrons. The number of nitrogens with zero attached hydrogens (tertiary/aromatic N) is 1. The zero-order valence-corrected chi connectivity index (χ0v) is 8.18. The summed E-state index contributed by atoms with van der Waals surface area (Å²) in [5.74, 6) is -1.33. The van der Waals surface area contributed by atoms with Crippen LogP contribution < -0.4 is 5.56 Å². The van der Waals surface area contributed by atoms with Gasteiger partial charge in [-0.25, -0.2) is 4.79 Å². The predicted molar refractivity (Wildman–Crippen MR) is 52.0 cm³/mol. The highest BCUT2D eigenvalue weighted by Crippen LogP contribution is 2.05. The number of hydrogen-bond donors (Lipinski definition) is 2. The Bertz CT molecular complexity index is 423. The van der Waals surface area contributed by atoms with Crippen LogP contribution in [-0.2, 0) is 0 Å². The zero-order chi connectivity index (χ0) is 12.0. The fourth-order valence-electron chi connectivity index (χ4n) is 0.731.